The van der Waals surface area contributed by atoms with Crippen LogP contribution in [-0.4, -0.2) is 27.1 Å². The van der Waals surface area contributed by atoms with Crippen molar-refractivity contribution in [3.05, 3.63) is 90.0 Å². The second-order valence-corrected chi connectivity index (χ2v) is 6.38. The monoisotopic (exact) mass is 369 g/mol. The first-order valence-electron chi connectivity index (χ1n) is 8.59. The quantitative estimate of drug-likeness (QED) is 0.530. The number of aromatic carboxylic acids is 2. The van der Waals surface area contributed by atoms with Crippen molar-refractivity contribution in [1.82, 2.24) is 4.98 Å². The smallest absolute Gasteiger partial charge is 0.335 e. The van der Waals surface area contributed by atoms with E-state index in [2.05, 4.69) is 4.98 Å². The number of fused-ring (bicyclic) bond motifs is 1. The minimum absolute atomic E-state index is 0.216. The van der Waals surface area contributed by atoms with Gasteiger partial charge < -0.3 is 10.2 Å². The summed E-state index contributed by atoms with van der Waals surface area (Å²) in [5, 5.41) is 19.3. The lowest BCUT2D eigenvalue weighted by Crippen LogP contribution is -1.96. The van der Waals surface area contributed by atoms with E-state index >= 15 is 0 Å². The van der Waals surface area contributed by atoms with E-state index in [4.69, 9.17) is 5.11 Å². The first-order valence-corrected chi connectivity index (χ1v) is 8.59. The first-order chi connectivity index (χ1) is 13.5. The molecule has 0 aliphatic heterocycles. The molecule has 0 bridgehead atoms. The molecule has 0 unspecified atom stereocenters. The SMILES string of the molecule is O=C(O)c1cccc(-c2ccc3nc(-c4cccc(C(=O)O)c4)ccc3c2)c1. The summed E-state index contributed by atoms with van der Waals surface area (Å²) in [6.45, 7) is 0. The zero-order valence-corrected chi connectivity index (χ0v) is 14.7. The van der Waals surface area contributed by atoms with Gasteiger partial charge in [0.25, 0.3) is 0 Å². The summed E-state index contributed by atoms with van der Waals surface area (Å²) in [6, 6.07) is 23.0. The molecule has 5 heteroatoms. The molecule has 5 nitrogen and oxygen atoms in total. The Labute approximate surface area is 160 Å². The van der Waals surface area contributed by atoms with Crippen molar-refractivity contribution < 1.29 is 19.8 Å². The standard InChI is InChI=1S/C23H15NO4/c25-22(26)18-5-1-3-14(12-18)15-7-9-21-17(11-15)8-10-20(24-21)16-4-2-6-19(13-16)23(27)28/h1-13H,(H,25,26)(H,27,28). The van der Waals surface area contributed by atoms with E-state index in [1.807, 2.05) is 42.5 Å². The van der Waals surface area contributed by atoms with Crippen LogP contribution in [0.4, 0.5) is 0 Å². The summed E-state index contributed by atoms with van der Waals surface area (Å²) in [4.78, 5) is 27.0. The lowest BCUT2D eigenvalue weighted by molar-refractivity contribution is 0.0686. The fourth-order valence-corrected chi connectivity index (χ4v) is 3.11. The van der Waals surface area contributed by atoms with Crippen molar-refractivity contribution in [2.24, 2.45) is 0 Å². The van der Waals surface area contributed by atoms with Crippen LogP contribution in [0.5, 0.6) is 0 Å². The molecule has 1 aromatic heterocycles. The fourth-order valence-electron chi connectivity index (χ4n) is 3.11. The summed E-state index contributed by atoms with van der Waals surface area (Å²) in [6.07, 6.45) is 0. The molecule has 0 aliphatic rings. The highest BCUT2D eigenvalue weighted by Gasteiger charge is 2.08. The van der Waals surface area contributed by atoms with Gasteiger partial charge in [0.1, 0.15) is 0 Å². The van der Waals surface area contributed by atoms with Crippen molar-refractivity contribution in [1.29, 1.82) is 0 Å². The van der Waals surface area contributed by atoms with E-state index in [1.165, 1.54) is 0 Å². The normalized spacial score (nSPS) is 10.7. The van der Waals surface area contributed by atoms with Crippen molar-refractivity contribution >= 4 is 22.8 Å². The average Bonchev–Trinajstić information content (AvgIpc) is 2.73. The van der Waals surface area contributed by atoms with E-state index in [-0.39, 0.29) is 11.1 Å². The van der Waals surface area contributed by atoms with Crippen LogP contribution in [0.25, 0.3) is 33.3 Å². The zero-order chi connectivity index (χ0) is 19.7. The van der Waals surface area contributed by atoms with Gasteiger partial charge in [-0.2, -0.15) is 0 Å². The Morgan fingerprint density at radius 3 is 1.93 bits per heavy atom. The summed E-state index contributed by atoms with van der Waals surface area (Å²) in [7, 11) is 0. The highest BCUT2D eigenvalue weighted by molar-refractivity contribution is 5.92. The molecule has 4 rings (SSSR count). The van der Waals surface area contributed by atoms with Gasteiger partial charge in [-0.1, -0.05) is 36.4 Å². The third-order valence-corrected chi connectivity index (χ3v) is 4.54. The van der Waals surface area contributed by atoms with Crippen LogP contribution in [0.1, 0.15) is 20.7 Å². The van der Waals surface area contributed by atoms with Crippen LogP contribution in [0, 0.1) is 0 Å². The van der Waals surface area contributed by atoms with Gasteiger partial charge in [0.2, 0.25) is 0 Å². The third-order valence-electron chi connectivity index (χ3n) is 4.54. The number of aromatic nitrogens is 1. The maximum absolute atomic E-state index is 11.2. The summed E-state index contributed by atoms with van der Waals surface area (Å²) in [5.41, 5.74) is 4.38. The highest BCUT2D eigenvalue weighted by atomic mass is 16.4. The van der Waals surface area contributed by atoms with Crippen LogP contribution >= 0.6 is 0 Å². The van der Waals surface area contributed by atoms with Gasteiger partial charge in [-0.15, -0.1) is 0 Å². The maximum atomic E-state index is 11.2. The van der Waals surface area contributed by atoms with E-state index in [0.717, 1.165) is 27.6 Å². The number of benzene rings is 3. The Morgan fingerprint density at radius 2 is 1.25 bits per heavy atom. The van der Waals surface area contributed by atoms with E-state index in [0.29, 0.717) is 5.69 Å². The number of carboxylic acid groups (broad SMARTS) is 2. The lowest BCUT2D eigenvalue weighted by atomic mass is 10.0. The number of hydrogen-bond acceptors (Lipinski definition) is 3. The molecule has 0 amide bonds. The predicted octanol–water partition coefficient (Wildman–Crippen LogP) is 4.97. The third kappa shape index (κ3) is 3.33. The van der Waals surface area contributed by atoms with Crippen molar-refractivity contribution in [3.63, 3.8) is 0 Å². The van der Waals surface area contributed by atoms with E-state index in [1.54, 1.807) is 36.4 Å². The molecule has 1 heterocycles. The molecule has 0 fully saturated rings. The van der Waals surface area contributed by atoms with E-state index < -0.39 is 11.9 Å². The molecule has 3 aromatic carbocycles. The topological polar surface area (TPSA) is 87.5 Å². The van der Waals surface area contributed by atoms with Crippen molar-refractivity contribution in [2.45, 2.75) is 0 Å². The summed E-state index contributed by atoms with van der Waals surface area (Å²) < 4.78 is 0. The second kappa shape index (κ2) is 6.96. The molecule has 0 saturated heterocycles. The Morgan fingerprint density at radius 1 is 0.643 bits per heavy atom. The maximum Gasteiger partial charge on any atom is 0.335 e. The van der Waals surface area contributed by atoms with Gasteiger partial charge in [0.05, 0.1) is 22.3 Å². The summed E-state index contributed by atoms with van der Waals surface area (Å²) >= 11 is 0. The molecule has 136 valence electrons. The summed E-state index contributed by atoms with van der Waals surface area (Å²) in [5.74, 6) is -1.94. The Bertz CT molecular complexity index is 1130. The van der Waals surface area contributed by atoms with Gasteiger partial charge >= 0.3 is 11.9 Å². The molecule has 0 saturated carbocycles. The predicted molar refractivity (Wildman–Crippen MR) is 107 cm³/mol. The number of carboxylic acids is 2. The average molecular weight is 369 g/mol. The fraction of sp³-hybridized carbons (Fsp3) is 0. The number of carbonyl (C=O) groups is 2. The minimum atomic E-state index is -0.976. The first kappa shape index (κ1) is 17.4. The largest absolute Gasteiger partial charge is 0.478 e. The second-order valence-electron chi connectivity index (χ2n) is 6.38. The molecule has 4 aromatic rings. The number of nitrogens with zero attached hydrogens (tertiary/aromatic N) is 1. The van der Waals surface area contributed by atoms with Gasteiger partial charge in [-0.25, -0.2) is 14.6 Å². The van der Waals surface area contributed by atoms with E-state index in [9.17, 15) is 14.7 Å². The van der Waals surface area contributed by atoms with Crippen LogP contribution in [-0.2, 0) is 0 Å². The van der Waals surface area contributed by atoms with Gasteiger partial charge in [-0.3, -0.25) is 0 Å². The molecular weight excluding hydrogens is 354 g/mol. The van der Waals surface area contributed by atoms with Crippen LogP contribution < -0.4 is 0 Å². The van der Waals surface area contributed by atoms with Gasteiger partial charge in [-0.05, 0) is 53.6 Å². The van der Waals surface area contributed by atoms with Crippen LogP contribution in [0.3, 0.4) is 0 Å². The van der Waals surface area contributed by atoms with Crippen LogP contribution in [0.15, 0.2) is 78.9 Å². The van der Waals surface area contributed by atoms with Crippen molar-refractivity contribution in [2.75, 3.05) is 0 Å². The molecular formula is C23H15NO4. The zero-order valence-electron chi connectivity index (χ0n) is 14.7. The molecule has 0 spiro atoms. The van der Waals surface area contributed by atoms with Gasteiger partial charge in [0, 0.05) is 10.9 Å². The van der Waals surface area contributed by atoms with Crippen molar-refractivity contribution in [3.8, 4) is 22.4 Å². The number of hydrogen-bond donors (Lipinski definition) is 2. The molecule has 0 aliphatic carbocycles. The molecule has 0 radical (unpaired) electrons. The van der Waals surface area contributed by atoms with Crippen LogP contribution in [0.2, 0.25) is 0 Å². The number of pyridine rings is 1. The molecule has 2 N–H and O–H groups in total. The van der Waals surface area contributed by atoms with Gasteiger partial charge in [0.15, 0.2) is 0 Å². The lowest BCUT2D eigenvalue weighted by Gasteiger charge is -2.07. The Hall–Kier alpha value is -3.99. The highest BCUT2D eigenvalue weighted by Crippen LogP contribution is 2.27. The molecule has 0 atom stereocenters. The minimum Gasteiger partial charge on any atom is -0.478 e. The molecule has 28 heavy (non-hydrogen) atoms. The number of rotatable bonds is 4. The Balaban J connectivity index is 1.74. The Kier molecular flexibility index (Phi) is 4.33.